The summed E-state index contributed by atoms with van der Waals surface area (Å²) in [5.41, 5.74) is 0. The fourth-order valence-corrected chi connectivity index (χ4v) is 8.28. The van der Waals surface area contributed by atoms with E-state index in [0.29, 0.717) is 25.7 Å². The van der Waals surface area contributed by atoms with Crippen molar-refractivity contribution in [3.8, 4) is 12.1 Å². The first-order valence-corrected chi connectivity index (χ1v) is 15.4. The van der Waals surface area contributed by atoms with Crippen molar-refractivity contribution in [3.05, 3.63) is 0 Å². The molecule has 0 atom stereocenters. The molecule has 33 heavy (non-hydrogen) atoms. The monoisotopic (exact) mass is 504 g/mol. The highest BCUT2D eigenvalue weighted by Gasteiger charge is 2.52. The molecule has 0 aromatic rings. The summed E-state index contributed by atoms with van der Waals surface area (Å²) in [7, 11) is -8.14. The molecule has 0 aliphatic heterocycles. The van der Waals surface area contributed by atoms with Crippen molar-refractivity contribution >= 4 is 20.0 Å². The minimum atomic E-state index is -4.07. The lowest BCUT2D eigenvalue weighted by molar-refractivity contribution is 0.502. The molecule has 0 rings (SSSR count). The van der Waals surface area contributed by atoms with E-state index >= 15 is 0 Å². The van der Waals surface area contributed by atoms with Crippen molar-refractivity contribution in [2.75, 3.05) is 13.1 Å². The first-order chi connectivity index (χ1) is 15.7. The lowest BCUT2D eigenvalue weighted by atomic mass is 10.1. The average molecular weight is 505 g/mol. The Bertz CT molecular complexity index is 731. The van der Waals surface area contributed by atoms with Gasteiger partial charge in [-0.1, -0.05) is 65.2 Å². The van der Waals surface area contributed by atoms with Crippen LogP contribution >= 0.6 is 0 Å². The highest BCUT2D eigenvalue weighted by Crippen LogP contribution is 2.31. The molecule has 2 N–H and O–H groups in total. The van der Waals surface area contributed by atoms with Crippen molar-refractivity contribution in [2.45, 2.75) is 121 Å². The van der Waals surface area contributed by atoms with Crippen LogP contribution in [0, 0.1) is 22.7 Å². The molecule has 0 aromatic heterocycles. The van der Waals surface area contributed by atoms with Crippen LogP contribution in [0.15, 0.2) is 0 Å². The summed E-state index contributed by atoms with van der Waals surface area (Å²) in [6, 6.07) is 4.25. The number of nitrogens with zero attached hydrogens (tertiary/aromatic N) is 2. The van der Waals surface area contributed by atoms with Gasteiger partial charge in [-0.05, 0) is 38.5 Å². The van der Waals surface area contributed by atoms with Gasteiger partial charge in [-0.15, -0.1) is 0 Å². The molecule has 0 saturated heterocycles. The SMILES string of the molecule is CCC(CC)(S(=O)(=O)NCCCCCCCCC#N)S(=O)(=O)NCCCCCCCCC#N. The topological polar surface area (TPSA) is 140 Å². The van der Waals surface area contributed by atoms with Crippen LogP contribution in [0.1, 0.15) is 117 Å². The van der Waals surface area contributed by atoms with E-state index in [1.54, 1.807) is 13.8 Å². The summed E-state index contributed by atoms with van der Waals surface area (Å²) in [6.45, 7) is 3.65. The molecule has 0 radical (unpaired) electrons. The fourth-order valence-electron chi connectivity index (χ4n) is 3.90. The van der Waals surface area contributed by atoms with Gasteiger partial charge in [-0.3, -0.25) is 0 Å². The number of nitrogens with one attached hydrogen (secondary N) is 2. The van der Waals surface area contributed by atoms with Gasteiger partial charge in [0.15, 0.2) is 4.08 Å². The van der Waals surface area contributed by atoms with Gasteiger partial charge in [0.25, 0.3) is 0 Å². The van der Waals surface area contributed by atoms with Crippen LogP contribution in [-0.2, 0) is 20.0 Å². The van der Waals surface area contributed by atoms with Gasteiger partial charge in [0.2, 0.25) is 20.0 Å². The number of rotatable bonds is 22. The van der Waals surface area contributed by atoms with E-state index in [-0.39, 0.29) is 25.9 Å². The molecular formula is C23H44N4O4S2. The largest absolute Gasteiger partial charge is 0.233 e. The molecule has 0 amide bonds. The van der Waals surface area contributed by atoms with E-state index in [1.165, 1.54) is 0 Å². The maximum Gasteiger partial charge on any atom is 0.233 e. The normalized spacial score (nSPS) is 12.4. The second-order valence-electron chi connectivity index (χ2n) is 8.47. The smallest absolute Gasteiger partial charge is 0.214 e. The van der Waals surface area contributed by atoms with Crippen LogP contribution in [-0.4, -0.2) is 34.0 Å². The number of hydrogen-bond donors (Lipinski definition) is 2. The van der Waals surface area contributed by atoms with Crippen molar-refractivity contribution in [1.29, 1.82) is 10.5 Å². The zero-order chi connectivity index (χ0) is 25.1. The molecule has 0 aromatic carbocycles. The summed E-state index contributed by atoms with van der Waals surface area (Å²) in [5.74, 6) is 0. The molecule has 10 heteroatoms. The van der Waals surface area contributed by atoms with Gasteiger partial charge in [-0.2, -0.15) is 10.5 Å². The molecular weight excluding hydrogens is 460 g/mol. The predicted molar refractivity (Wildman–Crippen MR) is 133 cm³/mol. The molecule has 0 bridgehead atoms. The summed E-state index contributed by atoms with van der Waals surface area (Å²) < 4.78 is 55.4. The summed E-state index contributed by atoms with van der Waals surface area (Å²) in [6.07, 6.45) is 11.9. The maximum absolute atomic E-state index is 13.0. The zero-order valence-electron chi connectivity index (χ0n) is 20.6. The second-order valence-corrected chi connectivity index (χ2v) is 12.9. The van der Waals surface area contributed by atoms with Crippen LogP contribution in [0.2, 0.25) is 0 Å². The summed E-state index contributed by atoms with van der Waals surface area (Å²) in [5, 5.41) is 17.0. The Labute approximate surface area is 202 Å². The quantitative estimate of drug-likeness (QED) is 0.202. The van der Waals surface area contributed by atoms with Crippen LogP contribution in [0.4, 0.5) is 0 Å². The number of sulfonamides is 2. The van der Waals surface area contributed by atoms with Crippen molar-refractivity contribution in [3.63, 3.8) is 0 Å². The molecule has 0 fully saturated rings. The van der Waals surface area contributed by atoms with Crippen molar-refractivity contribution < 1.29 is 16.8 Å². The maximum atomic E-state index is 13.0. The van der Waals surface area contributed by atoms with Crippen LogP contribution in [0.25, 0.3) is 0 Å². The molecule has 0 aliphatic carbocycles. The van der Waals surface area contributed by atoms with E-state index in [1.807, 2.05) is 0 Å². The molecule has 0 heterocycles. The number of hydrogen-bond acceptors (Lipinski definition) is 6. The van der Waals surface area contributed by atoms with E-state index in [2.05, 4.69) is 21.6 Å². The van der Waals surface area contributed by atoms with Gasteiger partial charge in [0.05, 0.1) is 12.1 Å². The number of nitriles is 2. The molecule has 192 valence electrons. The Morgan fingerprint density at radius 3 is 1.18 bits per heavy atom. The van der Waals surface area contributed by atoms with Gasteiger partial charge in [0, 0.05) is 25.9 Å². The third kappa shape index (κ3) is 11.7. The molecule has 8 nitrogen and oxygen atoms in total. The van der Waals surface area contributed by atoms with Gasteiger partial charge in [0.1, 0.15) is 0 Å². The van der Waals surface area contributed by atoms with Crippen molar-refractivity contribution in [2.24, 2.45) is 0 Å². The van der Waals surface area contributed by atoms with Crippen LogP contribution in [0.5, 0.6) is 0 Å². The summed E-state index contributed by atoms with van der Waals surface area (Å²) >= 11 is 0. The predicted octanol–water partition coefficient (Wildman–Crippen LogP) is 4.85. The lowest BCUT2D eigenvalue weighted by Crippen LogP contribution is -2.55. The zero-order valence-corrected chi connectivity index (χ0v) is 22.2. The molecule has 0 spiro atoms. The Kier molecular flexibility index (Phi) is 17.5. The van der Waals surface area contributed by atoms with Crippen LogP contribution < -0.4 is 9.44 Å². The van der Waals surface area contributed by atoms with Gasteiger partial charge < -0.3 is 0 Å². The Hall–Kier alpha value is -1.20. The van der Waals surface area contributed by atoms with Crippen molar-refractivity contribution in [1.82, 2.24) is 9.44 Å². The third-order valence-electron chi connectivity index (χ3n) is 6.07. The standard InChI is InChI=1S/C23H44N4O4S2/c1-3-23(4-2,32(28,29)26-21-17-13-9-5-7-11-15-19-24)33(30,31)27-22-18-14-10-6-8-12-16-20-25/h26-27H,3-18,21-22H2,1-2H3. The van der Waals surface area contributed by atoms with Gasteiger partial charge >= 0.3 is 0 Å². The fraction of sp³-hybridized carbons (Fsp3) is 0.913. The minimum absolute atomic E-state index is 0.0219. The van der Waals surface area contributed by atoms with Crippen LogP contribution in [0.3, 0.4) is 0 Å². The second kappa shape index (κ2) is 18.2. The van der Waals surface area contributed by atoms with E-state index in [0.717, 1.165) is 64.2 Å². The Morgan fingerprint density at radius 1 is 0.576 bits per heavy atom. The van der Waals surface area contributed by atoms with E-state index < -0.39 is 24.1 Å². The van der Waals surface area contributed by atoms with E-state index in [4.69, 9.17) is 10.5 Å². The Balaban J connectivity index is 4.56. The summed E-state index contributed by atoms with van der Waals surface area (Å²) in [4.78, 5) is 0. The average Bonchev–Trinajstić information content (AvgIpc) is 2.77. The molecule has 0 unspecified atom stereocenters. The van der Waals surface area contributed by atoms with Gasteiger partial charge in [-0.25, -0.2) is 26.3 Å². The Morgan fingerprint density at radius 2 is 0.879 bits per heavy atom. The lowest BCUT2D eigenvalue weighted by Gasteiger charge is -2.31. The molecule has 0 aliphatic rings. The third-order valence-corrected chi connectivity index (χ3v) is 11.7. The first kappa shape index (κ1) is 31.8. The van der Waals surface area contributed by atoms with E-state index in [9.17, 15) is 16.8 Å². The highest BCUT2D eigenvalue weighted by molar-refractivity contribution is 8.08. The molecule has 0 saturated carbocycles. The highest BCUT2D eigenvalue weighted by atomic mass is 32.3. The minimum Gasteiger partial charge on any atom is -0.214 e. The number of unbranched alkanes of at least 4 members (excludes halogenated alkanes) is 12. The first-order valence-electron chi connectivity index (χ1n) is 12.5.